The van der Waals surface area contributed by atoms with Gasteiger partial charge in [-0.25, -0.2) is 13.5 Å². The molecule has 0 unspecified atom stereocenters. The number of para-hydroxylation sites is 1. The third-order valence-corrected chi connectivity index (χ3v) is 7.60. The van der Waals surface area contributed by atoms with E-state index in [0.29, 0.717) is 33.7 Å². The number of carbonyl (C=O) groups is 2. The smallest absolute Gasteiger partial charge is 0.271 e. The largest absolute Gasteiger partial charge is 0.489 e. The molecule has 1 aliphatic heterocycles. The molecular weight excluding hydrogens is 586 g/mol. The minimum atomic E-state index is -0.716. The fourth-order valence-corrected chi connectivity index (χ4v) is 5.14. The third kappa shape index (κ3) is 6.10. The Morgan fingerprint density at radius 3 is 2.37 bits per heavy atom. The number of benzene rings is 4. The van der Waals surface area contributed by atoms with Crippen molar-refractivity contribution in [3.05, 3.63) is 154 Å². The van der Waals surface area contributed by atoms with E-state index in [9.17, 15) is 23.6 Å². The highest BCUT2D eigenvalue weighted by molar-refractivity contribution is 6.19. The van der Waals surface area contributed by atoms with Crippen LogP contribution in [0.5, 0.6) is 5.75 Å². The van der Waals surface area contributed by atoms with E-state index in [-0.39, 0.29) is 35.7 Å². The molecule has 5 aromatic rings. The SMILES string of the molecule is CC1=C(C#N)C(=O)N(Cc2ccc(F)cc2)C(=O)/C1=C/c1cn(-c2ccccc2)nc1-c1cccc(OCc2ccccc2F)c1. The van der Waals surface area contributed by atoms with Gasteiger partial charge in [-0.2, -0.15) is 10.4 Å². The molecule has 6 rings (SSSR count). The Morgan fingerprint density at radius 1 is 0.891 bits per heavy atom. The zero-order chi connectivity index (χ0) is 32.2. The molecule has 0 saturated heterocycles. The number of halogens is 2. The average molecular weight is 613 g/mol. The number of nitriles is 1. The van der Waals surface area contributed by atoms with Crippen molar-refractivity contribution in [3.63, 3.8) is 0 Å². The van der Waals surface area contributed by atoms with Gasteiger partial charge in [0.2, 0.25) is 0 Å². The molecular formula is C37H26F2N4O3. The first-order valence-electron chi connectivity index (χ1n) is 14.4. The number of hydrogen-bond donors (Lipinski definition) is 0. The average Bonchev–Trinajstić information content (AvgIpc) is 3.50. The van der Waals surface area contributed by atoms with Crippen LogP contribution in [0.1, 0.15) is 23.6 Å². The number of amides is 2. The van der Waals surface area contributed by atoms with E-state index >= 15 is 0 Å². The molecule has 0 N–H and O–H groups in total. The molecule has 0 radical (unpaired) electrons. The van der Waals surface area contributed by atoms with Crippen LogP contribution in [0.4, 0.5) is 8.78 Å². The molecule has 226 valence electrons. The number of hydrogen-bond acceptors (Lipinski definition) is 5. The van der Waals surface area contributed by atoms with Crippen molar-refractivity contribution in [2.75, 3.05) is 0 Å². The lowest BCUT2D eigenvalue weighted by Gasteiger charge is -2.27. The summed E-state index contributed by atoms with van der Waals surface area (Å²) >= 11 is 0. The molecule has 4 aromatic carbocycles. The van der Waals surface area contributed by atoms with Crippen LogP contribution in [-0.2, 0) is 22.7 Å². The number of ether oxygens (including phenoxy) is 1. The normalized spacial score (nSPS) is 14.1. The van der Waals surface area contributed by atoms with Gasteiger partial charge in [0, 0.05) is 28.5 Å². The highest BCUT2D eigenvalue weighted by Crippen LogP contribution is 2.33. The van der Waals surface area contributed by atoms with E-state index in [4.69, 9.17) is 9.84 Å². The lowest BCUT2D eigenvalue weighted by Crippen LogP contribution is -2.42. The van der Waals surface area contributed by atoms with Gasteiger partial charge in [0.1, 0.15) is 41.3 Å². The Morgan fingerprint density at radius 2 is 1.63 bits per heavy atom. The highest BCUT2D eigenvalue weighted by Gasteiger charge is 2.35. The summed E-state index contributed by atoms with van der Waals surface area (Å²) in [6.07, 6.45) is 3.38. The van der Waals surface area contributed by atoms with Gasteiger partial charge < -0.3 is 4.74 Å². The van der Waals surface area contributed by atoms with Gasteiger partial charge in [-0.1, -0.05) is 60.7 Å². The Balaban J connectivity index is 1.42. The standard InChI is InChI=1S/C37H26F2N4O3/c1-24-32(36(44)42(37(45)33(24)20-40)21-25-14-16-29(38)17-15-25)19-28-22-43(30-10-3-2-4-11-30)41-35(28)26-9-7-12-31(18-26)46-23-27-8-5-6-13-34(27)39/h2-19,22H,21,23H2,1H3/b32-19+. The maximum absolute atomic E-state index is 14.2. The maximum Gasteiger partial charge on any atom is 0.271 e. The summed E-state index contributed by atoms with van der Waals surface area (Å²) in [5.41, 5.74) is 3.67. The summed E-state index contributed by atoms with van der Waals surface area (Å²) in [6, 6.07) is 30.4. The van der Waals surface area contributed by atoms with Crippen molar-refractivity contribution >= 4 is 17.9 Å². The highest BCUT2D eigenvalue weighted by atomic mass is 19.1. The number of aromatic nitrogens is 2. The third-order valence-electron chi connectivity index (χ3n) is 7.60. The molecule has 0 aliphatic carbocycles. The van der Waals surface area contributed by atoms with Crippen LogP contribution in [-0.4, -0.2) is 26.5 Å². The molecule has 2 amide bonds. The lowest BCUT2D eigenvalue weighted by atomic mass is 9.93. The zero-order valence-electron chi connectivity index (χ0n) is 24.7. The second-order valence-corrected chi connectivity index (χ2v) is 10.6. The molecule has 1 aliphatic rings. The number of rotatable bonds is 8. The number of nitrogens with zero attached hydrogens (tertiary/aromatic N) is 4. The first-order chi connectivity index (χ1) is 22.3. The molecule has 2 heterocycles. The second kappa shape index (κ2) is 12.8. The Labute approximate surface area is 263 Å². The van der Waals surface area contributed by atoms with Gasteiger partial charge in [0.25, 0.3) is 11.8 Å². The predicted molar refractivity (Wildman–Crippen MR) is 168 cm³/mol. The van der Waals surface area contributed by atoms with Gasteiger partial charge in [-0.05, 0) is 66.6 Å². The zero-order valence-corrected chi connectivity index (χ0v) is 24.7. The predicted octanol–water partition coefficient (Wildman–Crippen LogP) is 7.19. The molecule has 46 heavy (non-hydrogen) atoms. The summed E-state index contributed by atoms with van der Waals surface area (Å²) in [5, 5.41) is 14.7. The van der Waals surface area contributed by atoms with Gasteiger partial charge >= 0.3 is 0 Å². The first-order valence-corrected chi connectivity index (χ1v) is 14.4. The summed E-state index contributed by atoms with van der Waals surface area (Å²) in [4.78, 5) is 28.1. The van der Waals surface area contributed by atoms with E-state index in [1.807, 2.05) is 42.5 Å². The van der Waals surface area contributed by atoms with Gasteiger partial charge in [0.05, 0.1) is 12.2 Å². The number of carbonyl (C=O) groups excluding carboxylic acids is 2. The first kappa shape index (κ1) is 29.9. The Bertz CT molecular complexity index is 2060. The molecule has 7 nitrogen and oxygen atoms in total. The van der Waals surface area contributed by atoms with E-state index in [1.54, 1.807) is 60.3 Å². The Hall–Kier alpha value is -6.14. The van der Waals surface area contributed by atoms with Crippen LogP contribution in [0.2, 0.25) is 0 Å². The molecule has 0 spiro atoms. The van der Waals surface area contributed by atoms with Crippen LogP contribution in [0.15, 0.2) is 126 Å². The fourth-order valence-electron chi connectivity index (χ4n) is 5.14. The van der Waals surface area contributed by atoms with E-state index < -0.39 is 17.6 Å². The quantitative estimate of drug-likeness (QED) is 0.137. The van der Waals surface area contributed by atoms with Crippen molar-refractivity contribution in [1.82, 2.24) is 14.7 Å². The van der Waals surface area contributed by atoms with Crippen molar-refractivity contribution in [2.45, 2.75) is 20.1 Å². The van der Waals surface area contributed by atoms with Crippen LogP contribution in [0.3, 0.4) is 0 Å². The van der Waals surface area contributed by atoms with Gasteiger partial charge in [-0.15, -0.1) is 0 Å². The van der Waals surface area contributed by atoms with Crippen LogP contribution >= 0.6 is 0 Å². The van der Waals surface area contributed by atoms with Gasteiger partial charge in [0.15, 0.2) is 0 Å². The minimum Gasteiger partial charge on any atom is -0.489 e. The summed E-state index contributed by atoms with van der Waals surface area (Å²) in [6.45, 7) is 1.46. The van der Waals surface area contributed by atoms with Gasteiger partial charge in [-0.3, -0.25) is 14.5 Å². The van der Waals surface area contributed by atoms with E-state index in [0.717, 1.165) is 10.6 Å². The summed E-state index contributed by atoms with van der Waals surface area (Å²) < 4.78 is 35.3. The monoisotopic (exact) mass is 612 g/mol. The van der Waals surface area contributed by atoms with Crippen LogP contribution < -0.4 is 4.74 Å². The summed E-state index contributed by atoms with van der Waals surface area (Å²) in [5.74, 6) is -1.63. The van der Waals surface area contributed by atoms with Crippen molar-refractivity contribution < 1.29 is 23.1 Å². The van der Waals surface area contributed by atoms with E-state index in [1.165, 1.54) is 30.3 Å². The van der Waals surface area contributed by atoms with Crippen molar-refractivity contribution in [1.29, 1.82) is 5.26 Å². The molecule has 1 aromatic heterocycles. The van der Waals surface area contributed by atoms with Crippen molar-refractivity contribution in [2.24, 2.45) is 0 Å². The summed E-state index contributed by atoms with van der Waals surface area (Å²) in [7, 11) is 0. The maximum atomic E-state index is 14.2. The van der Waals surface area contributed by atoms with Crippen LogP contribution in [0, 0.1) is 23.0 Å². The molecule has 0 bridgehead atoms. The molecule has 0 saturated carbocycles. The van der Waals surface area contributed by atoms with E-state index in [2.05, 4.69) is 0 Å². The fraction of sp³-hybridized carbons (Fsp3) is 0.0811. The topological polar surface area (TPSA) is 88.2 Å². The molecule has 0 atom stereocenters. The Kier molecular flexibility index (Phi) is 8.35. The molecule has 0 fully saturated rings. The molecule has 9 heteroatoms. The minimum absolute atomic E-state index is 0.0266. The number of imide groups is 1. The van der Waals surface area contributed by atoms with Crippen molar-refractivity contribution in [3.8, 4) is 28.8 Å². The van der Waals surface area contributed by atoms with Crippen LogP contribution in [0.25, 0.3) is 23.0 Å². The second-order valence-electron chi connectivity index (χ2n) is 10.6. The lowest BCUT2D eigenvalue weighted by molar-refractivity contribution is -0.141.